The number of rotatable bonds is 12. The van der Waals surface area contributed by atoms with E-state index in [4.69, 9.17) is 18.9 Å². The van der Waals surface area contributed by atoms with Crippen LogP contribution in [0, 0.1) is 5.92 Å². The monoisotopic (exact) mass is 555 g/mol. The molecule has 2 saturated heterocycles. The van der Waals surface area contributed by atoms with Crippen molar-refractivity contribution in [2.75, 3.05) is 44.5 Å². The number of aliphatic hydroxyl groups excluding tert-OH is 1. The zero-order valence-electron chi connectivity index (χ0n) is 22.7. The second-order valence-corrected chi connectivity index (χ2v) is 10.4. The van der Waals surface area contributed by atoms with E-state index in [9.17, 15) is 19.8 Å². The first kappa shape index (κ1) is 28.3. The summed E-state index contributed by atoms with van der Waals surface area (Å²) in [7, 11) is 0. The summed E-state index contributed by atoms with van der Waals surface area (Å²) < 4.78 is 22.4. The van der Waals surface area contributed by atoms with Gasteiger partial charge in [0.2, 0.25) is 12.7 Å². The van der Waals surface area contributed by atoms with E-state index in [-0.39, 0.29) is 32.1 Å². The minimum Gasteiger partial charge on any atom is -0.481 e. The molecule has 40 heavy (non-hydrogen) atoms. The number of pyridine rings is 1. The summed E-state index contributed by atoms with van der Waals surface area (Å²) in [4.78, 5) is 34.5. The van der Waals surface area contributed by atoms with E-state index in [1.54, 1.807) is 35.5 Å². The van der Waals surface area contributed by atoms with Crippen molar-refractivity contribution in [3.8, 4) is 11.5 Å². The molecular formula is C29H37N3O8. The van der Waals surface area contributed by atoms with Crippen LogP contribution in [0.15, 0.2) is 36.7 Å². The van der Waals surface area contributed by atoms with E-state index in [2.05, 4.69) is 11.9 Å². The molecule has 1 amide bonds. The number of aliphatic hydroxyl groups is 1. The van der Waals surface area contributed by atoms with Gasteiger partial charge >= 0.3 is 5.97 Å². The third-order valence-corrected chi connectivity index (χ3v) is 7.92. The highest BCUT2D eigenvalue weighted by Gasteiger charge is 2.48. The molecule has 3 aliphatic heterocycles. The molecule has 2 N–H and O–H groups in total. The van der Waals surface area contributed by atoms with E-state index in [1.807, 2.05) is 11.0 Å². The van der Waals surface area contributed by atoms with Crippen LogP contribution in [0.25, 0.3) is 0 Å². The van der Waals surface area contributed by atoms with Crippen LogP contribution in [0.2, 0.25) is 0 Å². The molecule has 3 aliphatic rings. The van der Waals surface area contributed by atoms with Gasteiger partial charge in [0.1, 0.15) is 0 Å². The van der Waals surface area contributed by atoms with Crippen molar-refractivity contribution in [2.24, 2.45) is 5.92 Å². The number of carboxylic acids is 1. The van der Waals surface area contributed by atoms with E-state index in [1.165, 1.54) is 0 Å². The number of hydrogen-bond acceptors (Lipinski definition) is 9. The number of amides is 1. The fourth-order valence-corrected chi connectivity index (χ4v) is 6.00. The second kappa shape index (κ2) is 12.9. The topological polar surface area (TPSA) is 131 Å². The van der Waals surface area contributed by atoms with Gasteiger partial charge in [-0.2, -0.15) is 0 Å². The van der Waals surface area contributed by atoms with Gasteiger partial charge in [0.15, 0.2) is 17.8 Å². The van der Waals surface area contributed by atoms with Gasteiger partial charge in [0, 0.05) is 36.8 Å². The molecule has 0 unspecified atom stereocenters. The summed E-state index contributed by atoms with van der Waals surface area (Å²) in [6, 6.07) is 6.84. The maximum atomic E-state index is 13.8. The summed E-state index contributed by atoms with van der Waals surface area (Å²) in [5.41, 5.74) is 2.01. The highest BCUT2D eigenvalue weighted by atomic mass is 16.7. The number of fused-ring (bicyclic) bond motifs is 1. The predicted molar refractivity (Wildman–Crippen MR) is 144 cm³/mol. The van der Waals surface area contributed by atoms with Gasteiger partial charge in [0.25, 0.3) is 0 Å². The van der Waals surface area contributed by atoms with Gasteiger partial charge in [-0.25, -0.2) is 0 Å². The lowest BCUT2D eigenvalue weighted by molar-refractivity contribution is -0.143. The Balaban J connectivity index is 1.44. The number of carboxylic acid groups (broad SMARTS) is 1. The Kier molecular flexibility index (Phi) is 9.15. The molecule has 0 aliphatic carbocycles. The molecule has 0 bridgehead atoms. The molecule has 216 valence electrons. The number of carbonyl (C=O) groups is 2. The summed E-state index contributed by atoms with van der Waals surface area (Å²) in [6.45, 7) is 3.87. The van der Waals surface area contributed by atoms with Crippen molar-refractivity contribution in [1.29, 1.82) is 0 Å². The van der Waals surface area contributed by atoms with E-state index in [0.717, 1.165) is 24.1 Å². The molecular weight excluding hydrogens is 518 g/mol. The summed E-state index contributed by atoms with van der Waals surface area (Å²) in [6.07, 6.45) is 5.75. The van der Waals surface area contributed by atoms with Crippen LogP contribution in [0.4, 0.5) is 5.69 Å². The Morgan fingerprint density at radius 3 is 2.70 bits per heavy atom. The van der Waals surface area contributed by atoms with E-state index in [0.29, 0.717) is 56.2 Å². The molecule has 11 nitrogen and oxygen atoms in total. The molecule has 0 radical (unpaired) electrons. The van der Waals surface area contributed by atoms with Crippen LogP contribution < -0.4 is 14.4 Å². The number of likely N-dealkylation sites (tertiary alicyclic amines) is 1. The third kappa shape index (κ3) is 6.07. The Hall–Kier alpha value is -3.25. The minimum atomic E-state index is -0.934. The lowest BCUT2D eigenvalue weighted by atomic mass is 9.83. The van der Waals surface area contributed by atoms with Gasteiger partial charge in [-0.1, -0.05) is 13.3 Å². The lowest BCUT2D eigenvalue weighted by Crippen LogP contribution is -2.44. The average Bonchev–Trinajstić information content (AvgIpc) is 3.72. The number of carbonyl (C=O) groups excluding carboxylic acids is 1. The van der Waals surface area contributed by atoms with Crippen molar-refractivity contribution < 1.29 is 38.7 Å². The Bertz CT molecular complexity index is 1170. The number of ether oxygens (including phenoxy) is 4. The largest absolute Gasteiger partial charge is 0.481 e. The molecule has 0 saturated carbocycles. The van der Waals surface area contributed by atoms with Crippen molar-refractivity contribution in [3.05, 3.63) is 47.8 Å². The van der Waals surface area contributed by atoms with Crippen LogP contribution in [-0.2, 0) is 25.7 Å². The Morgan fingerprint density at radius 1 is 1.18 bits per heavy atom. The quantitative estimate of drug-likeness (QED) is 0.403. The zero-order valence-corrected chi connectivity index (χ0v) is 22.7. The molecule has 0 spiro atoms. The molecule has 3 atom stereocenters. The number of aromatic nitrogens is 1. The predicted octanol–water partition coefficient (Wildman–Crippen LogP) is 2.76. The maximum Gasteiger partial charge on any atom is 0.308 e. The number of unbranched alkanes of at least 4 members (excludes halogenated alkanes) is 1. The normalized spacial score (nSPS) is 22.6. The molecule has 11 heteroatoms. The molecule has 1 aromatic carbocycles. The van der Waals surface area contributed by atoms with Crippen molar-refractivity contribution in [2.45, 2.75) is 57.5 Å². The average molecular weight is 556 g/mol. The molecule has 4 heterocycles. The Morgan fingerprint density at radius 2 is 2.00 bits per heavy atom. The SMILES string of the molecule is CCCCN(C(=O)CN1C[C@H](c2cc(CO)c3c(c2)OCO3)[C@@H](C(=O)O)[C@@H]1CCC1OCCO1)c1cccnc1. The van der Waals surface area contributed by atoms with Gasteiger partial charge < -0.3 is 34.1 Å². The maximum absolute atomic E-state index is 13.8. The van der Waals surface area contributed by atoms with Gasteiger partial charge in [-0.05, 0) is 49.1 Å². The van der Waals surface area contributed by atoms with Crippen LogP contribution >= 0.6 is 0 Å². The minimum absolute atomic E-state index is 0.0470. The number of hydrogen-bond donors (Lipinski definition) is 2. The summed E-state index contributed by atoms with van der Waals surface area (Å²) in [5.74, 6) is -1.28. The third-order valence-electron chi connectivity index (χ3n) is 7.92. The van der Waals surface area contributed by atoms with Crippen molar-refractivity contribution >= 4 is 17.6 Å². The first-order valence-corrected chi connectivity index (χ1v) is 13.9. The van der Waals surface area contributed by atoms with Gasteiger partial charge in [-0.3, -0.25) is 19.5 Å². The molecule has 2 aromatic rings. The van der Waals surface area contributed by atoms with Crippen LogP contribution in [-0.4, -0.2) is 83.9 Å². The number of benzene rings is 1. The van der Waals surface area contributed by atoms with Gasteiger partial charge in [0.05, 0.1) is 44.2 Å². The second-order valence-electron chi connectivity index (χ2n) is 10.4. The smallest absolute Gasteiger partial charge is 0.308 e. The van der Waals surface area contributed by atoms with E-state index >= 15 is 0 Å². The van der Waals surface area contributed by atoms with Crippen molar-refractivity contribution in [1.82, 2.24) is 9.88 Å². The number of anilines is 1. The first-order chi connectivity index (χ1) is 19.5. The van der Waals surface area contributed by atoms with Crippen LogP contribution in [0.1, 0.15) is 49.7 Å². The van der Waals surface area contributed by atoms with E-state index < -0.39 is 23.8 Å². The summed E-state index contributed by atoms with van der Waals surface area (Å²) >= 11 is 0. The van der Waals surface area contributed by atoms with Crippen molar-refractivity contribution in [3.63, 3.8) is 0 Å². The highest BCUT2D eigenvalue weighted by molar-refractivity contribution is 5.94. The standard InChI is InChI=1S/C29H37N3O8/c1-2-3-9-32(21-5-4-8-30-14-21)25(34)16-31-15-22(19-12-20(17-33)28-24(13-19)39-18-40-28)27(29(35)36)23(31)6-7-26-37-10-11-38-26/h4-5,8,12-14,22-23,26-27,33H,2-3,6-7,9-11,15-18H2,1H3,(H,35,36)/t22-,23+,27-/m1/s1. The lowest BCUT2D eigenvalue weighted by Gasteiger charge is -2.30. The Labute approximate surface area is 233 Å². The molecule has 5 rings (SSSR count). The number of aliphatic carboxylic acids is 1. The van der Waals surface area contributed by atoms with Crippen LogP contribution in [0.5, 0.6) is 11.5 Å². The number of nitrogens with zero attached hydrogens (tertiary/aromatic N) is 3. The first-order valence-electron chi connectivity index (χ1n) is 13.9. The molecule has 1 aromatic heterocycles. The van der Waals surface area contributed by atoms with Gasteiger partial charge in [-0.15, -0.1) is 0 Å². The van der Waals surface area contributed by atoms with Crippen LogP contribution in [0.3, 0.4) is 0 Å². The zero-order chi connectivity index (χ0) is 28.1. The fraction of sp³-hybridized carbons (Fsp3) is 0.552. The highest BCUT2D eigenvalue weighted by Crippen LogP contribution is 2.45. The summed E-state index contributed by atoms with van der Waals surface area (Å²) in [5, 5.41) is 20.5. The fourth-order valence-electron chi connectivity index (χ4n) is 6.00. The molecule has 2 fully saturated rings.